The third kappa shape index (κ3) is 5.54. The summed E-state index contributed by atoms with van der Waals surface area (Å²) in [4.78, 5) is 16.7. The van der Waals surface area contributed by atoms with Gasteiger partial charge in [0.15, 0.2) is 5.82 Å². The summed E-state index contributed by atoms with van der Waals surface area (Å²) in [5.41, 5.74) is 2.53. The second-order valence-electron chi connectivity index (χ2n) is 6.83. The van der Waals surface area contributed by atoms with Crippen LogP contribution in [0.25, 0.3) is 0 Å². The molecule has 2 heterocycles. The number of aryl methyl sites for hydroxylation is 3. The summed E-state index contributed by atoms with van der Waals surface area (Å²) < 4.78 is 1.68. The van der Waals surface area contributed by atoms with Crippen molar-refractivity contribution in [3.05, 3.63) is 41.2 Å². The van der Waals surface area contributed by atoms with Crippen LogP contribution in [0.1, 0.15) is 48.6 Å². The first-order chi connectivity index (χ1) is 12.1. The van der Waals surface area contributed by atoms with E-state index in [4.69, 9.17) is 0 Å². The standard InChI is InChI=1S/C19H27N5O.ClH/c1-14-6-8-15(9-7-14)4-3-5-17(25)21-19-22-18(23-24(19)2)16-10-12-20-13-11-16;/h6-9,16,20H,3-5,10-13H2,1-2H3,(H,21,22,23,25);1H. The molecular formula is C19H28ClN5O. The van der Waals surface area contributed by atoms with Gasteiger partial charge in [0.05, 0.1) is 0 Å². The molecule has 1 aliphatic rings. The zero-order chi connectivity index (χ0) is 17.6. The number of anilines is 1. The lowest BCUT2D eigenvalue weighted by Crippen LogP contribution is -2.27. The number of hydrogen-bond donors (Lipinski definition) is 2. The molecule has 0 unspecified atom stereocenters. The quantitative estimate of drug-likeness (QED) is 0.811. The van der Waals surface area contributed by atoms with Crippen molar-refractivity contribution in [1.29, 1.82) is 0 Å². The summed E-state index contributed by atoms with van der Waals surface area (Å²) >= 11 is 0. The Balaban J connectivity index is 0.00000243. The van der Waals surface area contributed by atoms with Crippen molar-refractivity contribution in [2.45, 2.75) is 44.9 Å². The van der Waals surface area contributed by atoms with Gasteiger partial charge in [0.1, 0.15) is 0 Å². The highest BCUT2D eigenvalue weighted by atomic mass is 35.5. The van der Waals surface area contributed by atoms with Crippen molar-refractivity contribution < 1.29 is 4.79 Å². The van der Waals surface area contributed by atoms with Gasteiger partial charge in [-0.25, -0.2) is 4.68 Å². The van der Waals surface area contributed by atoms with Gasteiger partial charge in [-0.15, -0.1) is 12.4 Å². The lowest BCUT2D eigenvalue weighted by molar-refractivity contribution is -0.116. The molecule has 7 heteroatoms. The number of carbonyl (C=O) groups excluding carboxylic acids is 1. The van der Waals surface area contributed by atoms with Gasteiger partial charge in [-0.2, -0.15) is 10.1 Å². The fraction of sp³-hybridized carbons (Fsp3) is 0.526. The first-order valence-electron chi connectivity index (χ1n) is 9.09. The number of nitrogens with one attached hydrogen (secondary N) is 2. The van der Waals surface area contributed by atoms with Crippen LogP contribution in [0.5, 0.6) is 0 Å². The van der Waals surface area contributed by atoms with Crippen molar-refractivity contribution in [1.82, 2.24) is 20.1 Å². The minimum atomic E-state index is -0.000488. The van der Waals surface area contributed by atoms with E-state index in [1.807, 2.05) is 7.05 Å². The minimum Gasteiger partial charge on any atom is -0.317 e. The van der Waals surface area contributed by atoms with Gasteiger partial charge in [-0.1, -0.05) is 29.8 Å². The number of aromatic nitrogens is 3. The van der Waals surface area contributed by atoms with Crippen molar-refractivity contribution in [3.63, 3.8) is 0 Å². The number of nitrogens with zero attached hydrogens (tertiary/aromatic N) is 3. The highest BCUT2D eigenvalue weighted by Crippen LogP contribution is 2.23. The molecule has 0 aliphatic carbocycles. The topological polar surface area (TPSA) is 71.8 Å². The molecule has 1 aromatic heterocycles. The second kappa shape index (κ2) is 9.69. The number of piperidine rings is 1. The fourth-order valence-corrected chi connectivity index (χ4v) is 3.16. The van der Waals surface area contributed by atoms with Crippen LogP contribution >= 0.6 is 12.4 Å². The van der Waals surface area contributed by atoms with Crippen LogP contribution in [0.15, 0.2) is 24.3 Å². The third-order valence-electron chi connectivity index (χ3n) is 4.72. The van der Waals surface area contributed by atoms with E-state index < -0.39 is 0 Å². The largest absolute Gasteiger partial charge is 0.317 e. The summed E-state index contributed by atoms with van der Waals surface area (Å²) in [6.45, 7) is 4.09. The maximum absolute atomic E-state index is 12.2. The smallest absolute Gasteiger partial charge is 0.227 e. The summed E-state index contributed by atoms with van der Waals surface area (Å²) in [5.74, 6) is 1.78. The lowest BCUT2D eigenvalue weighted by Gasteiger charge is -2.19. The molecule has 6 nitrogen and oxygen atoms in total. The van der Waals surface area contributed by atoms with Gasteiger partial charge in [-0.05, 0) is 51.3 Å². The predicted octanol–water partition coefficient (Wildman–Crippen LogP) is 2.97. The highest BCUT2D eigenvalue weighted by Gasteiger charge is 2.21. The van der Waals surface area contributed by atoms with E-state index in [-0.39, 0.29) is 18.3 Å². The van der Waals surface area contributed by atoms with E-state index in [0.29, 0.717) is 18.3 Å². The number of hydrogen-bond acceptors (Lipinski definition) is 4. The van der Waals surface area contributed by atoms with Gasteiger partial charge in [0.25, 0.3) is 0 Å². The molecular weight excluding hydrogens is 350 g/mol. The Morgan fingerprint density at radius 1 is 1.27 bits per heavy atom. The van der Waals surface area contributed by atoms with Crippen molar-refractivity contribution in [2.24, 2.45) is 7.05 Å². The highest BCUT2D eigenvalue weighted by molar-refractivity contribution is 5.88. The summed E-state index contributed by atoms with van der Waals surface area (Å²) in [7, 11) is 1.83. The summed E-state index contributed by atoms with van der Waals surface area (Å²) in [6.07, 6.45) is 4.33. The van der Waals surface area contributed by atoms with Crippen LogP contribution in [-0.4, -0.2) is 33.8 Å². The molecule has 2 aromatic rings. The number of amides is 1. The summed E-state index contributed by atoms with van der Waals surface area (Å²) in [6, 6.07) is 8.47. The zero-order valence-corrected chi connectivity index (χ0v) is 16.3. The van der Waals surface area contributed by atoms with E-state index in [1.165, 1.54) is 11.1 Å². The molecule has 0 atom stereocenters. The van der Waals surface area contributed by atoms with Crippen molar-refractivity contribution >= 4 is 24.3 Å². The van der Waals surface area contributed by atoms with E-state index in [0.717, 1.165) is 44.6 Å². The zero-order valence-electron chi connectivity index (χ0n) is 15.5. The predicted molar refractivity (Wildman–Crippen MR) is 106 cm³/mol. The number of halogens is 1. The average Bonchev–Trinajstić information content (AvgIpc) is 2.98. The van der Waals surface area contributed by atoms with Crippen molar-refractivity contribution in [3.8, 4) is 0 Å². The molecule has 0 spiro atoms. The van der Waals surface area contributed by atoms with Gasteiger partial charge < -0.3 is 5.32 Å². The molecule has 26 heavy (non-hydrogen) atoms. The fourth-order valence-electron chi connectivity index (χ4n) is 3.16. The molecule has 1 fully saturated rings. The molecule has 1 saturated heterocycles. The number of carbonyl (C=O) groups is 1. The maximum Gasteiger partial charge on any atom is 0.227 e. The van der Waals surface area contributed by atoms with Gasteiger partial charge >= 0.3 is 0 Å². The van der Waals surface area contributed by atoms with Crippen LogP contribution < -0.4 is 10.6 Å². The summed E-state index contributed by atoms with van der Waals surface area (Å²) in [5, 5.41) is 10.7. The molecule has 3 rings (SSSR count). The monoisotopic (exact) mass is 377 g/mol. The maximum atomic E-state index is 12.2. The molecule has 0 radical (unpaired) electrons. The van der Waals surface area contributed by atoms with E-state index in [9.17, 15) is 4.79 Å². The van der Waals surface area contributed by atoms with Gasteiger partial charge in [-0.3, -0.25) is 10.1 Å². The molecule has 0 saturated carbocycles. The molecule has 142 valence electrons. The number of rotatable bonds is 6. The SMILES string of the molecule is Cc1ccc(CCCC(=O)Nc2nc(C3CCNCC3)nn2C)cc1.Cl. The van der Waals surface area contributed by atoms with Crippen LogP contribution in [0, 0.1) is 6.92 Å². The number of benzene rings is 1. The van der Waals surface area contributed by atoms with Crippen LogP contribution in [0.4, 0.5) is 5.95 Å². The van der Waals surface area contributed by atoms with Gasteiger partial charge in [0.2, 0.25) is 11.9 Å². The minimum absolute atomic E-state index is 0. The Labute approximate surface area is 161 Å². The van der Waals surface area contributed by atoms with E-state index in [2.05, 4.69) is 51.9 Å². The average molecular weight is 378 g/mol. The molecule has 1 aromatic carbocycles. The first-order valence-corrected chi connectivity index (χ1v) is 9.09. The Hall–Kier alpha value is -1.92. The first kappa shape index (κ1) is 20.4. The van der Waals surface area contributed by atoms with E-state index >= 15 is 0 Å². The Bertz CT molecular complexity index is 707. The third-order valence-corrected chi connectivity index (χ3v) is 4.72. The lowest BCUT2D eigenvalue weighted by atomic mass is 9.98. The van der Waals surface area contributed by atoms with Crippen molar-refractivity contribution in [2.75, 3.05) is 18.4 Å². The Kier molecular flexibility index (Phi) is 7.60. The molecule has 0 bridgehead atoms. The molecule has 2 N–H and O–H groups in total. The van der Waals surface area contributed by atoms with Crippen LogP contribution in [0.3, 0.4) is 0 Å². The molecule has 1 aliphatic heterocycles. The Morgan fingerprint density at radius 3 is 2.65 bits per heavy atom. The normalized spacial score (nSPS) is 14.7. The molecule has 1 amide bonds. The second-order valence-corrected chi connectivity index (χ2v) is 6.83. The van der Waals surface area contributed by atoms with Crippen LogP contribution in [-0.2, 0) is 18.3 Å². The Morgan fingerprint density at radius 2 is 1.96 bits per heavy atom. The van der Waals surface area contributed by atoms with E-state index in [1.54, 1.807) is 4.68 Å². The van der Waals surface area contributed by atoms with Crippen LogP contribution in [0.2, 0.25) is 0 Å². The van der Waals surface area contributed by atoms with Gasteiger partial charge in [0, 0.05) is 19.4 Å².